The molecule has 2 amide bonds. The molecular weight excluding hydrogens is 358 g/mol. The molecule has 1 aliphatic rings. The van der Waals surface area contributed by atoms with E-state index in [0.29, 0.717) is 31.2 Å². The normalized spacial score (nSPS) is 17.2. The molecule has 2 aromatic rings. The van der Waals surface area contributed by atoms with E-state index in [4.69, 9.17) is 0 Å². The standard InChI is InChI=1S/C20H25N5O3/c1-13-5-3-4-6-15(13)12-25-8-7-21-20(28)16(25)10-18(26)22-11-17-23-14(2)9-19(27)24-17/h3-6,9,16H,7-8,10-12H2,1-2H3,(H,21,28)(H,22,26)(H,23,24,27). The Morgan fingerprint density at radius 1 is 1.29 bits per heavy atom. The summed E-state index contributed by atoms with van der Waals surface area (Å²) >= 11 is 0. The Hall–Kier alpha value is -3.00. The lowest BCUT2D eigenvalue weighted by Crippen LogP contribution is -2.56. The number of aromatic nitrogens is 2. The van der Waals surface area contributed by atoms with Gasteiger partial charge in [0.2, 0.25) is 11.8 Å². The monoisotopic (exact) mass is 383 g/mol. The van der Waals surface area contributed by atoms with Crippen LogP contribution in [0, 0.1) is 13.8 Å². The molecule has 2 heterocycles. The van der Waals surface area contributed by atoms with Gasteiger partial charge in [0.05, 0.1) is 19.0 Å². The molecule has 1 aliphatic heterocycles. The zero-order valence-electron chi connectivity index (χ0n) is 16.1. The van der Waals surface area contributed by atoms with Crippen molar-refractivity contribution in [2.24, 2.45) is 0 Å². The van der Waals surface area contributed by atoms with E-state index in [1.807, 2.05) is 36.1 Å². The number of benzene rings is 1. The van der Waals surface area contributed by atoms with Crippen molar-refractivity contribution in [1.29, 1.82) is 0 Å². The Kier molecular flexibility index (Phi) is 6.20. The molecule has 0 radical (unpaired) electrons. The summed E-state index contributed by atoms with van der Waals surface area (Å²) in [6.07, 6.45) is 0.0494. The van der Waals surface area contributed by atoms with E-state index in [2.05, 4.69) is 20.6 Å². The van der Waals surface area contributed by atoms with E-state index in [-0.39, 0.29) is 30.3 Å². The van der Waals surface area contributed by atoms with Crippen molar-refractivity contribution < 1.29 is 9.59 Å². The van der Waals surface area contributed by atoms with Gasteiger partial charge in [-0.3, -0.25) is 19.3 Å². The Balaban J connectivity index is 1.63. The van der Waals surface area contributed by atoms with Gasteiger partial charge in [-0.2, -0.15) is 0 Å². The number of carbonyl (C=O) groups excluding carboxylic acids is 2. The third-order valence-corrected chi connectivity index (χ3v) is 4.83. The second-order valence-electron chi connectivity index (χ2n) is 7.02. The average molecular weight is 383 g/mol. The minimum Gasteiger partial charge on any atom is -0.353 e. The molecule has 3 N–H and O–H groups in total. The van der Waals surface area contributed by atoms with Crippen molar-refractivity contribution in [3.05, 3.63) is 63.3 Å². The van der Waals surface area contributed by atoms with Gasteiger partial charge in [0.1, 0.15) is 5.82 Å². The zero-order chi connectivity index (χ0) is 20.1. The third-order valence-electron chi connectivity index (χ3n) is 4.83. The minimum absolute atomic E-state index is 0.0494. The van der Waals surface area contributed by atoms with Gasteiger partial charge >= 0.3 is 0 Å². The number of hydrogen-bond acceptors (Lipinski definition) is 5. The van der Waals surface area contributed by atoms with Crippen LogP contribution in [-0.2, 0) is 22.7 Å². The number of nitrogens with one attached hydrogen (secondary N) is 3. The maximum absolute atomic E-state index is 12.4. The molecule has 1 unspecified atom stereocenters. The van der Waals surface area contributed by atoms with E-state index in [1.165, 1.54) is 6.07 Å². The van der Waals surface area contributed by atoms with Crippen molar-refractivity contribution in [3.8, 4) is 0 Å². The van der Waals surface area contributed by atoms with Crippen LogP contribution in [0.1, 0.15) is 29.1 Å². The highest BCUT2D eigenvalue weighted by Gasteiger charge is 2.31. The quantitative estimate of drug-likeness (QED) is 0.669. The SMILES string of the molecule is Cc1cc(=O)[nH]c(CNC(=O)CC2C(=O)NCCN2Cc2ccccc2C)n1. The van der Waals surface area contributed by atoms with E-state index in [9.17, 15) is 14.4 Å². The number of amides is 2. The van der Waals surface area contributed by atoms with E-state index < -0.39 is 6.04 Å². The maximum Gasteiger partial charge on any atom is 0.251 e. The van der Waals surface area contributed by atoms with Crippen LogP contribution < -0.4 is 16.2 Å². The lowest BCUT2D eigenvalue weighted by atomic mass is 10.0. The predicted octanol–water partition coefficient (Wildman–Crippen LogP) is 0.394. The smallest absolute Gasteiger partial charge is 0.251 e. The van der Waals surface area contributed by atoms with Gasteiger partial charge in [-0.05, 0) is 25.0 Å². The molecule has 148 valence electrons. The molecule has 8 nitrogen and oxygen atoms in total. The summed E-state index contributed by atoms with van der Waals surface area (Å²) in [5.74, 6) is -0.0127. The molecule has 1 atom stereocenters. The summed E-state index contributed by atoms with van der Waals surface area (Å²) in [6, 6.07) is 8.90. The second-order valence-corrected chi connectivity index (χ2v) is 7.02. The molecule has 8 heteroatoms. The molecule has 1 saturated heterocycles. The van der Waals surface area contributed by atoms with Crippen molar-refractivity contribution in [3.63, 3.8) is 0 Å². The summed E-state index contributed by atoms with van der Waals surface area (Å²) in [5.41, 5.74) is 2.63. The fourth-order valence-electron chi connectivity index (χ4n) is 3.33. The summed E-state index contributed by atoms with van der Waals surface area (Å²) in [6.45, 7) is 5.74. The second kappa shape index (κ2) is 8.79. The van der Waals surface area contributed by atoms with Crippen molar-refractivity contribution in [2.75, 3.05) is 13.1 Å². The molecule has 0 aliphatic carbocycles. The van der Waals surface area contributed by atoms with Crippen LogP contribution in [0.15, 0.2) is 35.1 Å². The van der Waals surface area contributed by atoms with Gasteiger partial charge in [0.25, 0.3) is 5.56 Å². The van der Waals surface area contributed by atoms with Crippen LogP contribution in [0.4, 0.5) is 0 Å². The minimum atomic E-state index is -0.530. The van der Waals surface area contributed by atoms with Crippen molar-refractivity contribution >= 4 is 11.8 Å². The van der Waals surface area contributed by atoms with Gasteiger partial charge in [0.15, 0.2) is 0 Å². The van der Waals surface area contributed by atoms with Crippen LogP contribution in [0.3, 0.4) is 0 Å². The summed E-state index contributed by atoms with van der Waals surface area (Å²) in [4.78, 5) is 45.1. The van der Waals surface area contributed by atoms with Gasteiger partial charge in [0, 0.05) is 31.4 Å². The highest BCUT2D eigenvalue weighted by molar-refractivity contribution is 5.88. The highest BCUT2D eigenvalue weighted by atomic mass is 16.2. The van der Waals surface area contributed by atoms with E-state index in [0.717, 1.165) is 11.1 Å². The topological polar surface area (TPSA) is 107 Å². The number of H-pyrrole nitrogens is 1. The van der Waals surface area contributed by atoms with Gasteiger partial charge in [-0.15, -0.1) is 0 Å². The van der Waals surface area contributed by atoms with Crippen LogP contribution in [-0.4, -0.2) is 45.8 Å². The number of aryl methyl sites for hydroxylation is 2. The summed E-state index contributed by atoms with van der Waals surface area (Å²) < 4.78 is 0. The fraction of sp³-hybridized carbons (Fsp3) is 0.400. The number of hydrogen-bond donors (Lipinski definition) is 3. The number of rotatable bonds is 6. The lowest BCUT2D eigenvalue weighted by Gasteiger charge is -2.35. The highest BCUT2D eigenvalue weighted by Crippen LogP contribution is 2.16. The predicted molar refractivity (Wildman–Crippen MR) is 104 cm³/mol. The first-order valence-corrected chi connectivity index (χ1v) is 9.32. The fourth-order valence-corrected chi connectivity index (χ4v) is 3.33. The van der Waals surface area contributed by atoms with Crippen LogP contribution in [0.25, 0.3) is 0 Å². The third kappa shape index (κ3) is 5.04. The summed E-state index contributed by atoms with van der Waals surface area (Å²) in [5, 5.41) is 5.57. The molecule has 1 fully saturated rings. The molecule has 0 bridgehead atoms. The first-order chi connectivity index (χ1) is 13.4. The van der Waals surface area contributed by atoms with Crippen molar-refractivity contribution in [2.45, 2.75) is 39.4 Å². The maximum atomic E-state index is 12.4. The summed E-state index contributed by atoms with van der Waals surface area (Å²) in [7, 11) is 0. The Bertz CT molecular complexity index is 924. The Morgan fingerprint density at radius 2 is 2.07 bits per heavy atom. The van der Waals surface area contributed by atoms with E-state index in [1.54, 1.807) is 6.92 Å². The number of carbonyl (C=O) groups is 2. The molecule has 28 heavy (non-hydrogen) atoms. The van der Waals surface area contributed by atoms with Crippen molar-refractivity contribution in [1.82, 2.24) is 25.5 Å². The molecule has 3 rings (SSSR count). The number of piperazine rings is 1. The van der Waals surface area contributed by atoms with Crippen LogP contribution in [0.5, 0.6) is 0 Å². The molecule has 1 aromatic heterocycles. The number of nitrogens with zero attached hydrogens (tertiary/aromatic N) is 2. The first kappa shape index (κ1) is 19.8. The lowest BCUT2D eigenvalue weighted by molar-refractivity contribution is -0.134. The Labute approximate surface area is 163 Å². The number of aromatic amines is 1. The zero-order valence-corrected chi connectivity index (χ0v) is 16.1. The van der Waals surface area contributed by atoms with Gasteiger partial charge in [-0.1, -0.05) is 24.3 Å². The molecule has 0 saturated carbocycles. The van der Waals surface area contributed by atoms with Crippen LogP contribution >= 0.6 is 0 Å². The molecule has 1 aromatic carbocycles. The molecular formula is C20H25N5O3. The van der Waals surface area contributed by atoms with Gasteiger partial charge < -0.3 is 15.6 Å². The molecule has 0 spiro atoms. The largest absolute Gasteiger partial charge is 0.353 e. The van der Waals surface area contributed by atoms with Gasteiger partial charge in [-0.25, -0.2) is 4.98 Å². The van der Waals surface area contributed by atoms with Crippen LogP contribution in [0.2, 0.25) is 0 Å². The van der Waals surface area contributed by atoms with E-state index >= 15 is 0 Å². The average Bonchev–Trinajstić information content (AvgIpc) is 2.64. The first-order valence-electron chi connectivity index (χ1n) is 9.32. The Morgan fingerprint density at radius 3 is 2.82 bits per heavy atom.